The molecule has 0 fully saturated rings. The Hall–Kier alpha value is -11.5. The van der Waals surface area contributed by atoms with E-state index in [0.717, 1.165) is 63.7 Å². The van der Waals surface area contributed by atoms with Crippen LogP contribution < -0.4 is 25.5 Å². The minimum absolute atomic E-state index is 0.0555. The summed E-state index contributed by atoms with van der Waals surface area (Å²) in [4.78, 5) is 14.4. The first kappa shape index (κ1) is 28.8. The van der Waals surface area contributed by atoms with Gasteiger partial charge in [-0.25, -0.2) is 0 Å². The summed E-state index contributed by atoms with van der Waals surface area (Å²) < 4.78 is 297. The first-order valence-corrected chi connectivity index (χ1v) is 30.0. The number of rotatable bonds is 7. The number of para-hydroxylation sites is 4. The monoisotopic (exact) mass is 1180 g/mol. The number of fused-ring (bicyclic) bond motifs is 21. The second-order valence-electron chi connectivity index (χ2n) is 21.5. The normalized spacial score (nSPS) is 17.8. The van der Waals surface area contributed by atoms with E-state index in [9.17, 15) is 27.4 Å². The lowest BCUT2D eigenvalue weighted by Crippen LogP contribution is -2.74. The number of hydrogen-bond acceptors (Lipinski definition) is 4. The zero-order valence-corrected chi connectivity index (χ0v) is 46.8. The maximum absolute atomic E-state index is 11.3. The Morgan fingerprint density at radius 1 is 0.326 bits per heavy atom. The molecule has 19 rings (SSSR count). The smallest absolute Gasteiger partial charge is 0.240 e. The van der Waals surface area contributed by atoms with E-state index in [4.69, 9.17) is 33.4 Å². The van der Waals surface area contributed by atoms with Gasteiger partial charge in [-0.3, -0.25) is 9.13 Å². The fourth-order valence-electron chi connectivity index (χ4n) is 13.8. The highest BCUT2D eigenvalue weighted by atomic mass is 28.3. The maximum Gasteiger partial charge on any atom is 0.240 e. The average Bonchev–Trinajstić information content (AvgIpc) is 1.62. The third-order valence-corrected chi connectivity index (χ3v) is 21.5. The molecule has 2 aliphatic rings. The molecule has 1 spiro atoms. The standard InChI is InChI=1S/C82H51N5OSi/c1-3-25-53(26-4-1)89(54-27-5-2-6-28-54,55-29-23-24-52(48-55)79-83-80(86-73-42-19-13-36-63(73)64-37-14-20-43-74(64)86)85-81(84-79)87-75-44-21-15-38-65(75)66-39-16-22-45-76(66)87)56-46-47-71-77(49-56)88-78-51-68-60-33-10-8-31-58(60)57-30-7-9-32-59(57)67(68)50-72(78)82(71)69-40-17-11-34-61(69)62-35-12-18-41-70(62)82/h1-51H/i1D,2D,3D,4D,5D,6D,13D,14D,15D,16D,19D,20D,21D,22D,23D,24D,25D,26D,27D,28D,29D,36D,37D,38D,39D,42D,43D,44D,45D,48D. The Balaban J connectivity index is 1.02. The van der Waals surface area contributed by atoms with Gasteiger partial charge < -0.3 is 4.74 Å². The van der Waals surface area contributed by atoms with Crippen molar-refractivity contribution in [1.29, 1.82) is 0 Å². The van der Waals surface area contributed by atoms with Crippen molar-refractivity contribution in [2.24, 2.45) is 0 Å². The lowest BCUT2D eigenvalue weighted by Gasteiger charge is -2.41. The van der Waals surface area contributed by atoms with Crippen LogP contribution in [0.25, 0.3) is 110 Å². The van der Waals surface area contributed by atoms with E-state index in [1.54, 1.807) is 6.07 Å². The molecule has 0 radical (unpaired) electrons. The van der Waals surface area contributed by atoms with Gasteiger partial charge in [-0.05, 0) is 118 Å². The lowest BCUT2D eigenvalue weighted by atomic mass is 9.65. The van der Waals surface area contributed by atoms with Crippen molar-refractivity contribution in [2.45, 2.75) is 5.41 Å². The lowest BCUT2D eigenvalue weighted by molar-refractivity contribution is 0.438. The number of aromatic nitrogens is 5. The van der Waals surface area contributed by atoms with Crippen LogP contribution in [0.1, 0.15) is 63.4 Å². The van der Waals surface area contributed by atoms with Gasteiger partial charge in [-0.1, -0.05) is 266 Å². The summed E-state index contributed by atoms with van der Waals surface area (Å²) in [5, 5.41) is -0.139. The van der Waals surface area contributed by atoms with E-state index >= 15 is 0 Å². The maximum atomic E-state index is 11.3. The summed E-state index contributed by atoms with van der Waals surface area (Å²) in [5.74, 6) is -2.91. The van der Waals surface area contributed by atoms with E-state index in [-0.39, 0.29) is 16.7 Å². The molecular weight excluding hydrogens is 1100 g/mol. The van der Waals surface area contributed by atoms with Gasteiger partial charge in [0.05, 0.1) is 68.6 Å². The van der Waals surface area contributed by atoms with Gasteiger partial charge in [0.1, 0.15) is 11.5 Å². The molecule has 7 heteroatoms. The fourth-order valence-corrected chi connectivity index (χ4v) is 17.6. The molecule has 6 nitrogen and oxygen atoms in total. The highest BCUT2D eigenvalue weighted by molar-refractivity contribution is 7.20. The third-order valence-electron chi connectivity index (χ3n) is 17.3. The topological polar surface area (TPSA) is 57.8 Å². The van der Waals surface area contributed by atoms with E-state index in [1.165, 1.54) is 12.1 Å². The van der Waals surface area contributed by atoms with E-state index in [2.05, 4.69) is 6.07 Å². The summed E-state index contributed by atoms with van der Waals surface area (Å²) in [6.45, 7) is 0. The van der Waals surface area contributed by atoms with E-state index < -0.39 is 277 Å². The van der Waals surface area contributed by atoms with E-state index in [0.29, 0.717) is 11.1 Å². The predicted octanol–water partition coefficient (Wildman–Crippen LogP) is 17.0. The second kappa shape index (κ2) is 19.0. The molecule has 0 unspecified atom stereocenters. The summed E-state index contributed by atoms with van der Waals surface area (Å²) >= 11 is 0. The first-order chi connectivity index (χ1) is 56.6. The van der Waals surface area contributed by atoms with Crippen LogP contribution in [0.15, 0.2) is 309 Å². The molecule has 0 amide bonds. The van der Waals surface area contributed by atoms with Crippen LogP contribution >= 0.6 is 0 Å². The molecule has 4 heterocycles. The molecule has 3 aromatic heterocycles. The molecule has 1 aliphatic carbocycles. The Labute approximate surface area is 555 Å². The molecule has 0 atom stereocenters. The summed E-state index contributed by atoms with van der Waals surface area (Å²) in [5.41, 5.74) is -1.02. The van der Waals surface area contributed by atoms with Crippen molar-refractivity contribution in [1.82, 2.24) is 24.1 Å². The second-order valence-corrected chi connectivity index (χ2v) is 25.0. The van der Waals surface area contributed by atoms with Gasteiger partial charge in [0.25, 0.3) is 0 Å². The summed E-state index contributed by atoms with van der Waals surface area (Å²) in [6, 6.07) is 9.43. The quantitative estimate of drug-likeness (QED) is 0.0906. The van der Waals surface area contributed by atoms with Crippen LogP contribution in [0, 0.1) is 0 Å². The largest absolute Gasteiger partial charge is 0.457 e. The van der Waals surface area contributed by atoms with E-state index in [1.807, 2.05) is 103 Å². The molecule has 0 bridgehead atoms. The highest BCUT2D eigenvalue weighted by Gasteiger charge is 2.52. The zero-order valence-electron chi connectivity index (χ0n) is 75.8. The molecule has 89 heavy (non-hydrogen) atoms. The van der Waals surface area contributed by atoms with Gasteiger partial charge in [-0.2, -0.15) is 15.0 Å². The summed E-state index contributed by atoms with van der Waals surface area (Å²) in [7, 11) is -6.27. The molecular formula is C82H51N5OSi. The van der Waals surface area contributed by atoms with Crippen LogP contribution in [-0.2, 0) is 5.41 Å². The summed E-state index contributed by atoms with van der Waals surface area (Å²) in [6.07, 6.45) is 0. The molecule has 414 valence electrons. The van der Waals surface area contributed by atoms with Crippen molar-refractivity contribution in [2.75, 3.05) is 0 Å². The first-order valence-electron chi connectivity index (χ1n) is 43.0. The fraction of sp³-hybridized carbons (Fsp3) is 0.0122. The Bertz CT molecular complexity index is 7190. The highest BCUT2D eigenvalue weighted by Crippen LogP contribution is 2.63. The third kappa shape index (κ3) is 6.93. The van der Waals surface area contributed by atoms with Crippen molar-refractivity contribution in [3.63, 3.8) is 0 Å². The number of ether oxygens (including phenoxy) is 1. The molecule has 17 aromatic rings. The zero-order chi connectivity index (χ0) is 84.5. The molecule has 0 saturated heterocycles. The number of nitrogens with zero attached hydrogens (tertiary/aromatic N) is 5. The number of hydrogen-bond donors (Lipinski definition) is 0. The van der Waals surface area contributed by atoms with Crippen LogP contribution in [-0.4, -0.2) is 32.2 Å². The molecule has 0 N–H and O–H groups in total. The molecule has 1 aliphatic heterocycles. The van der Waals surface area contributed by atoms with Crippen molar-refractivity contribution in [3.8, 4) is 45.9 Å². The van der Waals surface area contributed by atoms with Gasteiger partial charge in [0.2, 0.25) is 11.9 Å². The van der Waals surface area contributed by atoms with Crippen molar-refractivity contribution < 1.29 is 45.9 Å². The molecule has 0 saturated carbocycles. The minimum atomic E-state index is -6.27. The number of benzene rings is 14. The molecule has 14 aromatic carbocycles. The van der Waals surface area contributed by atoms with Gasteiger partial charge in [-0.15, -0.1) is 0 Å². The van der Waals surface area contributed by atoms with Crippen molar-refractivity contribution in [3.05, 3.63) is 331 Å². The van der Waals surface area contributed by atoms with Gasteiger partial charge in [0, 0.05) is 38.2 Å². The SMILES string of the molecule is [2H]c1c([2H])c([2H])c([Si](c2ccc3c(c2)Oc2cc4c5ccccc5c5ccccc5c4cc2C32c3ccccc3-c3ccccc32)(c2c([2H])c([2H])c([2H])c([2H])c2[2H])c2c([2H])c([2H])c([2H])c(-c3nc(-n4c5c([2H])c([2H])c([2H])c([2H])c5c5c([2H])c([2H])c([2H])c([2H])c54)nc(-n4c5c([2H])c([2H])c([2H])c([2H])c5c5c([2H])c([2H])c([2H])c([2H])c54)n3)c2[2H])c([2H])c1[2H]. The predicted molar refractivity (Wildman–Crippen MR) is 367 cm³/mol. The minimum Gasteiger partial charge on any atom is -0.457 e. The van der Waals surface area contributed by atoms with Crippen LogP contribution in [0.4, 0.5) is 0 Å². The Morgan fingerprint density at radius 3 is 1.27 bits per heavy atom. The average molecular weight is 1180 g/mol. The van der Waals surface area contributed by atoms with Gasteiger partial charge >= 0.3 is 0 Å². The van der Waals surface area contributed by atoms with Gasteiger partial charge in [0.15, 0.2) is 13.9 Å². The van der Waals surface area contributed by atoms with Crippen LogP contribution in [0.3, 0.4) is 0 Å². The Morgan fingerprint density at radius 2 is 0.753 bits per heavy atom. The Kier molecular flexibility index (Phi) is 6.14. The van der Waals surface area contributed by atoms with Crippen molar-refractivity contribution >= 4 is 105 Å². The van der Waals surface area contributed by atoms with Crippen LogP contribution in [0.5, 0.6) is 11.5 Å². The van der Waals surface area contributed by atoms with Crippen LogP contribution in [0.2, 0.25) is 0 Å².